The van der Waals surface area contributed by atoms with Crippen molar-refractivity contribution < 1.29 is 4.79 Å². The molecule has 0 aliphatic carbocycles. The van der Waals surface area contributed by atoms with Gasteiger partial charge in [0.25, 0.3) is 5.91 Å². The molecule has 0 saturated heterocycles. The van der Waals surface area contributed by atoms with E-state index in [4.69, 9.17) is 11.6 Å². The van der Waals surface area contributed by atoms with E-state index in [0.29, 0.717) is 29.5 Å². The van der Waals surface area contributed by atoms with Gasteiger partial charge in [0.1, 0.15) is 0 Å². The predicted molar refractivity (Wildman–Crippen MR) is 88.2 cm³/mol. The highest BCUT2D eigenvalue weighted by atomic mass is 35.5. The minimum atomic E-state index is -0.0708. The molecule has 0 saturated carbocycles. The molecule has 1 aliphatic rings. The molecule has 0 N–H and O–H groups in total. The Kier molecular flexibility index (Phi) is 3.54. The molecule has 4 heterocycles. The number of rotatable bonds is 1. The van der Waals surface area contributed by atoms with Gasteiger partial charge >= 0.3 is 0 Å². The number of thiazole rings is 1. The average Bonchev–Trinajstić information content (AvgIpc) is 3.04. The molecular formula is C15H14ClN5OS. The number of aryl methyl sites for hydroxylation is 1. The van der Waals surface area contributed by atoms with Crippen molar-refractivity contribution in [2.45, 2.75) is 19.8 Å². The van der Waals surface area contributed by atoms with E-state index in [1.807, 2.05) is 11.8 Å². The molecule has 3 aromatic rings. The van der Waals surface area contributed by atoms with E-state index in [9.17, 15) is 4.79 Å². The van der Waals surface area contributed by atoms with Crippen LogP contribution in [0.1, 0.15) is 26.1 Å². The summed E-state index contributed by atoms with van der Waals surface area (Å²) in [6.07, 6.45) is 4.84. The number of hydrogen-bond donors (Lipinski definition) is 0. The maximum Gasteiger partial charge on any atom is 0.274 e. The first kappa shape index (κ1) is 14.6. The van der Waals surface area contributed by atoms with Crippen LogP contribution in [0.15, 0.2) is 18.5 Å². The zero-order valence-corrected chi connectivity index (χ0v) is 14.1. The van der Waals surface area contributed by atoms with Crippen molar-refractivity contribution in [2.24, 2.45) is 0 Å². The molecular weight excluding hydrogens is 334 g/mol. The fourth-order valence-corrected chi connectivity index (χ4v) is 3.93. The van der Waals surface area contributed by atoms with Crippen molar-refractivity contribution >= 4 is 34.5 Å². The second-order valence-electron chi connectivity index (χ2n) is 5.50. The first-order chi connectivity index (χ1) is 11.1. The molecule has 1 aliphatic heterocycles. The van der Waals surface area contributed by atoms with Crippen molar-refractivity contribution in [3.8, 4) is 0 Å². The summed E-state index contributed by atoms with van der Waals surface area (Å²) in [6, 6.07) is 1.70. The van der Waals surface area contributed by atoms with Crippen LogP contribution in [0.25, 0.3) is 5.65 Å². The zero-order chi connectivity index (χ0) is 16.0. The van der Waals surface area contributed by atoms with Gasteiger partial charge in [0.05, 0.1) is 21.9 Å². The Morgan fingerprint density at radius 2 is 2.17 bits per heavy atom. The Morgan fingerprint density at radius 1 is 1.35 bits per heavy atom. The minimum absolute atomic E-state index is 0.0708. The SMILES string of the molecule is Cc1nc2c(s1)CCN(C(=O)c1cc3ncc(Cl)cn3n1)CC2. The number of halogens is 1. The van der Waals surface area contributed by atoms with Crippen molar-refractivity contribution in [2.75, 3.05) is 13.1 Å². The van der Waals surface area contributed by atoms with Crippen LogP contribution >= 0.6 is 22.9 Å². The molecule has 3 aromatic heterocycles. The molecule has 0 unspecified atom stereocenters. The molecule has 8 heteroatoms. The molecule has 4 rings (SSSR count). The zero-order valence-electron chi connectivity index (χ0n) is 12.5. The van der Waals surface area contributed by atoms with Crippen molar-refractivity contribution in [1.82, 2.24) is 24.5 Å². The van der Waals surface area contributed by atoms with Gasteiger partial charge in [-0.3, -0.25) is 4.79 Å². The highest BCUT2D eigenvalue weighted by Crippen LogP contribution is 2.23. The molecule has 118 valence electrons. The Labute approximate surface area is 141 Å². The number of fused-ring (bicyclic) bond motifs is 2. The van der Waals surface area contributed by atoms with Crippen LogP contribution in [0, 0.1) is 6.92 Å². The van der Waals surface area contributed by atoms with Gasteiger partial charge in [-0.15, -0.1) is 11.3 Å². The van der Waals surface area contributed by atoms with Gasteiger partial charge in [-0.1, -0.05) is 11.6 Å². The lowest BCUT2D eigenvalue weighted by molar-refractivity contribution is 0.0757. The van der Waals surface area contributed by atoms with Crippen LogP contribution in [0.2, 0.25) is 5.02 Å². The minimum Gasteiger partial charge on any atom is -0.336 e. The lowest BCUT2D eigenvalue weighted by atomic mass is 10.2. The van der Waals surface area contributed by atoms with E-state index < -0.39 is 0 Å². The van der Waals surface area contributed by atoms with Gasteiger partial charge in [-0.2, -0.15) is 5.10 Å². The second kappa shape index (κ2) is 5.58. The highest BCUT2D eigenvalue weighted by Gasteiger charge is 2.23. The third-order valence-electron chi connectivity index (χ3n) is 3.90. The van der Waals surface area contributed by atoms with Gasteiger partial charge in [-0.25, -0.2) is 14.5 Å². The molecule has 0 radical (unpaired) electrons. The van der Waals surface area contributed by atoms with Crippen molar-refractivity contribution in [3.63, 3.8) is 0 Å². The van der Waals surface area contributed by atoms with Gasteiger partial charge in [0.15, 0.2) is 11.3 Å². The Morgan fingerprint density at radius 3 is 3.04 bits per heavy atom. The molecule has 1 amide bonds. The lowest BCUT2D eigenvalue weighted by Crippen LogP contribution is -2.33. The summed E-state index contributed by atoms with van der Waals surface area (Å²) in [4.78, 5) is 24.6. The Bertz CT molecular complexity index is 877. The maximum absolute atomic E-state index is 12.7. The van der Waals surface area contributed by atoms with Crippen molar-refractivity contribution in [1.29, 1.82) is 0 Å². The summed E-state index contributed by atoms with van der Waals surface area (Å²) in [6.45, 7) is 3.38. The second-order valence-corrected chi connectivity index (χ2v) is 7.22. The normalized spacial score (nSPS) is 14.8. The number of hydrogen-bond acceptors (Lipinski definition) is 5. The molecule has 0 spiro atoms. The van der Waals surface area contributed by atoms with Gasteiger partial charge in [0, 0.05) is 43.1 Å². The predicted octanol–water partition coefficient (Wildman–Crippen LogP) is 2.39. The molecule has 0 fully saturated rings. The third kappa shape index (κ3) is 2.70. The van der Waals surface area contributed by atoms with Crippen molar-refractivity contribution in [3.05, 3.63) is 44.8 Å². The summed E-state index contributed by atoms with van der Waals surface area (Å²) < 4.78 is 1.54. The maximum atomic E-state index is 12.7. The molecule has 0 aromatic carbocycles. The fourth-order valence-electron chi connectivity index (χ4n) is 2.82. The largest absolute Gasteiger partial charge is 0.336 e. The van der Waals surface area contributed by atoms with E-state index in [-0.39, 0.29) is 5.91 Å². The third-order valence-corrected chi connectivity index (χ3v) is 5.17. The highest BCUT2D eigenvalue weighted by molar-refractivity contribution is 7.11. The Balaban J connectivity index is 1.57. The van der Waals surface area contributed by atoms with Crippen LogP contribution in [-0.4, -0.2) is 43.5 Å². The van der Waals surface area contributed by atoms with Crippen LogP contribution in [0.4, 0.5) is 0 Å². The first-order valence-corrected chi connectivity index (χ1v) is 8.55. The van der Waals surface area contributed by atoms with Crippen LogP contribution < -0.4 is 0 Å². The van der Waals surface area contributed by atoms with Gasteiger partial charge in [0.2, 0.25) is 0 Å². The standard InChI is InChI=1S/C15H14ClN5OS/c1-9-18-11-2-4-20(5-3-13(11)23-9)15(22)12-6-14-17-7-10(16)8-21(14)19-12/h6-8H,2-5H2,1H3. The number of carbonyl (C=O) groups is 1. The monoisotopic (exact) mass is 347 g/mol. The smallest absolute Gasteiger partial charge is 0.274 e. The number of carbonyl (C=O) groups excluding carboxylic acids is 1. The average molecular weight is 348 g/mol. The quantitative estimate of drug-likeness (QED) is 0.678. The number of amides is 1. The molecule has 0 atom stereocenters. The van der Waals surface area contributed by atoms with Gasteiger partial charge < -0.3 is 4.90 Å². The first-order valence-electron chi connectivity index (χ1n) is 7.35. The number of nitrogens with zero attached hydrogens (tertiary/aromatic N) is 5. The summed E-state index contributed by atoms with van der Waals surface area (Å²) in [5.41, 5.74) is 2.14. The van der Waals surface area contributed by atoms with Crippen LogP contribution in [0.3, 0.4) is 0 Å². The lowest BCUT2D eigenvalue weighted by Gasteiger charge is -2.18. The number of aromatic nitrogens is 4. The topological polar surface area (TPSA) is 63.4 Å². The molecule has 6 nitrogen and oxygen atoms in total. The van der Waals surface area contributed by atoms with E-state index in [2.05, 4.69) is 15.1 Å². The molecule has 0 bridgehead atoms. The summed E-state index contributed by atoms with van der Waals surface area (Å²) >= 11 is 7.63. The van der Waals surface area contributed by atoms with E-state index in [1.165, 1.54) is 9.39 Å². The Hall–Kier alpha value is -1.99. The summed E-state index contributed by atoms with van der Waals surface area (Å²) in [7, 11) is 0. The van der Waals surface area contributed by atoms with Gasteiger partial charge in [-0.05, 0) is 6.92 Å². The van der Waals surface area contributed by atoms with E-state index in [0.717, 1.165) is 23.5 Å². The summed E-state index contributed by atoms with van der Waals surface area (Å²) in [5, 5.41) is 5.88. The van der Waals surface area contributed by atoms with Crippen LogP contribution in [-0.2, 0) is 12.8 Å². The van der Waals surface area contributed by atoms with Crippen LogP contribution in [0.5, 0.6) is 0 Å². The molecule has 23 heavy (non-hydrogen) atoms. The van der Waals surface area contributed by atoms with E-state index in [1.54, 1.807) is 29.8 Å². The summed E-state index contributed by atoms with van der Waals surface area (Å²) in [5.74, 6) is -0.0708. The van der Waals surface area contributed by atoms with E-state index >= 15 is 0 Å². The fraction of sp³-hybridized carbons (Fsp3) is 0.333.